The van der Waals surface area contributed by atoms with E-state index in [2.05, 4.69) is 11.9 Å². The lowest BCUT2D eigenvalue weighted by atomic mass is 10.1. The molecule has 0 aliphatic heterocycles. The minimum Gasteiger partial charge on any atom is -0.392 e. The number of nitrogens with zero attached hydrogens (tertiary/aromatic N) is 2. The number of halogens is 1. The van der Waals surface area contributed by atoms with Crippen LogP contribution in [-0.4, -0.2) is 14.7 Å². The standard InChI is InChI=1S/C13H15FN2O/c1-2-3-13-15-6-7-16(13)12-5-4-11(14)8-10(12)9-17/h4-8,17H,2-3,9H2,1H3. The van der Waals surface area contributed by atoms with Crippen LogP contribution in [0.25, 0.3) is 5.69 Å². The molecule has 1 aromatic carbocycles. The van der Waals surface area contributed by atoms with E-state index in [1.54, 1.807) is 12.3 Å². The molecule has 17 heavy (non-hydrogen) atoms. The normalized spacial score (nSPS) is 10.8. The lowest BCUT2D eigenvalue weighted by Gasteiger charge is -2.11. The summed E-state index contributed by atoms with van der Waals surface area (Å²) >= 11 is 0. The Morgan fingerprint density at radius 2 is 2.24 bits per heavy atom. The van der Waals surface area contributed by atoms with Gasteiger partial charge in [0.25, 0.3) is 0 Å². The summed E-state index contributed by atoms with van der Waals surface area (Å²) < 4.78 is 15.0. The molecule has 2 rings (SSSR count). The average molecular weight is 234 g/mol. The molecule has 0 saturated heterocycles. The molecule has 0 radical (unpaired) electrons. The molecular formula is C13H15FN2O. The first kappa shape index (κ1) is 11.8. The van der Waals surface area contributed by atoms with E-state index in [0.717, 1.165) is 24.4 Å². The molecule has 0 bridgehead atoms. The number of aliphatic hydroxyl groups excluding tert-OH is 1. The summed E-state index contributed by atoms with van der Waals surface area (Å²) in [6.07, 6.45) is 5.40. The summed E-state index contributed by atoms with van der Waals surface area (Å²) in [5.41, 5.74) is 1.36. The first-order valence-electron chi connectivity index (χ1n) is 5.68. The topological polar surface area (TPSA) is 38.0 Å². The second-order valence-corrected chi connectivity index (χ2v) is 3.89. The first-order chi connectivity index (χ1) is 8.26. The maximum atomic E-state index is 13.1. The summed E-state index contributed by atoms with van der Waals surface area (Å²) in [6, 6.07) is 4.41. The molecular weight excluding hydrogens is 219 g/mol. The van der Waals surface area contributed by atoms with Crippen LogP contribution >= 0.6 is 0 Å². The van der Waals surface area contributed by atoms with Crippen LogP contribution < -0.4 is 0 Å². The van der Waals surface area contributed by atoms with Crippen molar-refractivity contribution in [3.05, 3.63) is 47.8 Å². The van der Waals surface area contributed by atoms with Crippen molar-refractivity contribution in [3.8, 4) is 5.69 Å². The molecule has 0 spiro atoms. The second kappa shape index (κ2) is 5.10. The quantitative estimate of drug-likeness (QED) is 0.882. The van der Waals surface area contributed by atoms with Gasteiger partial charge in [0.15, 0.2) is 0 Å². The van der Waals surface area contributed by atoms with Crippen molar-refractivity contribution in [1.29, 1.82) is 0 Å². The molecule has 0 aliphatic rings. The van der Waals surface area contributed by atoms with Crippen LogP contribution in [0.4, 0.5) is 4.39 Å². The third-order valence-electron chi connectivity index (χ3n) is 2.66. The Kier molecular flexibility index (Phi) is 3.54. The van der Waals surface area contributed by atoms with Gasteiger partial charge in [-0.05, 0) is 24.6 Å². The first-order valence-corrected chi connectivity index (χ1v) is 5.68. The van der Waals surface area contributed by atoms with Gasteiger partial charge in [-0.25, -0.2) is 9.37 Å². The van der Waals surface area contributed by atoms with Crippen molar-refractivity contribution < 1.29 is 9.50 Å². The molecule has 0 saturated carbocycles. The molecule has 0 aliphatic carbocycles. The largest absolute Gasteiger partial charge is 0.392 e. The van der Waals surface area contributed by atoms with Crippen molar-refractivity contribution in [2.45, 2.75) is 26.4 Å². The van der Waals surface area contributed by atoms with Gasteiger partial charge in [0.2, 0.25) is 0 Å². The molecule has 90 valence electrons. The lowest BCUT2D eigenvalue weighted by Crippen LogP contribution is -2.04. The van der Waals surface area contributed by atoms with Gasteiger partial charge in [-0.3, -0.25) is 0 Å². The van der Waals surface area contributed by atoms with Gasteiger partial charge in [0, 0.05) is 24.4 Å². The molecule has 1 heterocycles. The maximum Gasteiger partial charge on any atom is 0.123 e. The smallest absolute Gasteiger partial charge is 0.123 e. The molecule has 1 aromatic heterocycles. The Morgan fingerprint density at radius 1 is 1.41 bits per heavy atom. The Bertz CT molecular complexity index is 508. The minimum absolute atomic E-state index is 0.184. The average Bonchev–Trinajstić information content (AvgIpc) is 2.77. The molecule has 0 unspecified atom stereocenters. The van der Waals surface area contributed by atoms with Crippen LogP contribution in [0.2, 0.25) is 0 Å². The summed E-state index contributed by atoms with van der Waals surface area (Å²) in [4.78, 5) is 4.27. The van der Waals surface area contributed by atoms with Crippen LogP contribution in [0.15, 0.2) is 30.6 Å². The van der Waals surface area contributed by atoms with E-state index in [1.807, 2.05) is 10.8 Å². The summed E-state index contributed by atoms with van der Waals surface area (Å²) in [6.45, 7) is 1.90. The highest BCUT2D eigenvalue weighted by molar-refractivity contribution is 5.42. The van der Waals surface area contributed by atoms with Crippen molar-refractivity contribution >= 4 is 0 Å². The van der Waals surface area contributed by atoms with Crippen LogP contribution in [0.3, 0.4) is 0 Å². The van der Waals surface area contributed by atoms with E-state index >= 15 is 0 Å². The highest BCUT2D eigenvalue weighted by Crippen LogP contribution is 2.18. The molecule has 0 fully saturated rings. The zero-order chi connectivity index (χ0) is 12.3. The summed E-state index contributed by atoms with van der Waals surface area (Å²) in [5, 5.41) is 9.26. The van der Waals surface area contributed by atoms with E-state index in [0.29, 0.717) is 5.56 Å². The van der Waals surface area contributed by atoms with E-state index in [9.17, 15) is 9.50 Å². The van der Waals surface area contributed by atoms with Crippen molar-refractivity contribution in [2.75, 3.05) is 0 Å². The third kappa shape index (κ3) is 2.36. The van der Waals surface area contributed by atoms with Gasteiger partial charge in [0.1, 0.15) is 11.6 Å². The van der Waals surface area contributed by atoms with Gasteiger partial charge < -0.3 is 9.67 Å². The predicted molar refractivity (Wildman–Crippen MR) is 63.4 cm³/mol. The summed E-state index contributed by atoms with van der Waals surface area (Å²) in [7, 11) is 0. The van der Waals surface area contributed by atoms with Crippen LogP contribution in [0, 0.1) is 5.82 Å². The molecule has 2 aromatic rings. The number of rotatable bonds is 4. The number of aromatic nitrogens is 2. The Hall–Kier alpha value is -1.68. The van der Waals surface area contributed by atoms with E-state index in [1.165, 1.54) is 12.1 Å². The number of aliphatic hydroxyl groups is 1. The zero-order valence-electron chi connectivity index (χ0n) is 9.73. The fourth-order valence-electron chi connectivity index (χ4n) is 1.88. The highest BCUT2D eigenvalue weighted by atomic mass is 19.1. The fraction of sp³-hybridized carbons (Fsp3) is 0.308. The van der Waals surface area contributed by atoms with Crippen molar-refractivity contribution in [1.82, 2.24) is 9.55 Å². The maximum absolute atomic E-state index is 13.1. The second-order valence-electron chi connectivity index (χ2n) is 3.89. The number of hydrogen-bond acceptors (Lipinski definition) is 2. The molecule has 1 N–H and O–H groups in total. The Morgan fingerprint density at radius 3 is 2.94 bits per heavy atom. The zero-order valence-corrected chi connectivity index (χ0v) is 9.73. The highest BCUT2D eigenvalue weighted by Gasteiger charge is 2.09. The predicted octanol–water partition coefficient (Wildman–Crippen LogP) is 2.46. The Labute approximate surface area is 99.5 Å². The Balaban J connectivity index is 2.48. The number of aryl methyl sites for hydroxylation is 1. The number of hydrogen-bond donors (Lipinski definition) is 1. The van der Waals surface area contributed by atoms with Gasteiger partial charge >= 0.3 is 0 Å². The monoisotopic (exact) mass is 234 g/mol. The van der Waals surface area contributed by atoms with Gasteiger partial charge in [-0.1, -0.05) is 6.92 Å². The van der Waals surface area contributed by atoms with E-state index in [4.69, 9.17) is 0 Å². The molecule has 3 nitrogen and oxygen atoms in total. The van der Waals surface area contributed by atoms with Gasteiger partial charge in [-0.2, -0.15) is 0 Å². The van der Waals surface area contributed by atoms with Crippen LogP contribution in [-0.2, 0) is 13.0 Å². The van der Waals surface area contributed by atoms with Crippen LogP contribution in [0.5, 0.6) is 0 Å². The van der Waals surface area contributed by atoms with Gasteiger partial charge in [-0.15, -0.1) is 0 Å². The minimum atomic E-state index is -0.338. The SMILES string of the molecule is CCCc1nccn1-c1ccc(F)cc1CO. The lowest BCUT2D eigenvalue weighted by molar-refractivity contribution is 0.281. The van der Waals surface area contributed by atoms with E-state index in [-0.39, 0.29) is 12.4 Å². The van der Waals surface area contributed by atoms with Crippen LogP contribution in [0.1, 0.15) is 24.7 Å². The van der Waals surface area contributed by atoms with Crippen molar-refractivity contribution in [2.24, 2.45) is 0 Å². The number of imidazole rings is 1. The van der Waals surface area contributed by atoms with Gasteiger partial charge in [0.05, 0.1) is 12.3 Å². The fourth-order valence-corrected chi connectivity index (χ4v) is 1.88. The molecule has 4 heteroatoms. The number of benzene rings is 1. The van der Waals surface area contributed by atoms with Crippen molar-refractivity contribution in [3.63, 3.8) is 0 Å². The summed E-state index contributed by atoms with van der Waals surface area (Å²) in [5.74, 6) is 0.587. The van der Waals surface area contributed by atoms with E-state index < -0.39 is 0 Å². The third-order valence-corrected chi connectivity index (χ3v) is 2.66. The molecule has 0 atom stereocenters. The molecule has 0 amide bonds.